The van der Waals surface area contributed by atoms with E-state index < -0.39 is 14.2 Å². The summed E-state index contributed by atoms with van der Waals surface area (Å²) in [5.74, 6) is 2.83. The van der Waals surface area contributed by atoms with Gasteiger partial charge in [-0.25, -0.2) is 0 Å². The van der Waals surface area contributed by atoms with E-state index in [4.69, 9.17) is 75.5 Å². The van der Waals surface area contributed by atoms with Crippen LogP contribution in [0.5, 0.6) is 69.0 Å². The van der Waals surface area contributed by atoms with Crippen molar-refractivity contribution in [1.82, 2.24) is 19.9 Å². The number of amides is 4. The van der Waals surface area contributed by atoms with Gasteiger partial charge in [-0.15, -0.1) is 0 Å². The average molecular weight is 1700 g/mol. The molecule has 2 aliphatic heterocycles. The highest BCUT2D eigenvalue weighted by atomic mass is 19.3. The Bertz CT molecular complexity index is 5520. The molecular weight excluding hydrogens is 1610 g/mol. The van der Waals surface area contributed by atoms with Crippen molar-refractivity contribution >= 4 is 72.1 Å². The molecule has 0 radical (unpaired) electrons. The minimum Gasteiger partial charge on any atom is -0.570 e. The Kier molecular flexibility index (Phi) is 25.8. The van der Waals surface area contributed by atoms with Gasteiger partial charge in [0.1, 0.15) is 23.5 Å². The standard InChI is InChI=1S/2C45H43BF2N4O10/c2*1-51(44(53)28-21-38(55-3)42(59-7)39(22-28)56-4)30-13-9-26(10-14-30)32-17-19-34(49-32)36-25-37(62-46(47,48)61-36)35-20-18-33(50-35)27-11-15-31(16-12-27)52(2)45(54)29-23-40(57-5)43(60-8)41(24-29)58-6/h2*9-25,49-50H,1-8H3. The Labute approximate surface area is 711 Å². The molecule has 4 aromatic heterocycles. The predicted molar refractivity (Wildman–Crippen MR) is 461 cm³/mol. The quantitative estimate of drug-likeness (QED) is 0.0201. The zero-order chi connectivity index (χ0) is 88.6. The summed E-state index contributed by atoms with van der Waals surface area (Å²) in [5, 5.41) is 0. The first-order valence-electron chi connectivity index (χ1n) is 38.1. The van der Waals surface area contributed by atoms with Gasteiger partial charge in [0, 0.05) is 96.7 Å². The van der Waals surface area contributed by atoms with E-state index in [1.54, 1.807) is 222 Å². The van der Waals surface area contributed by atoms with Gasteiger partial charge >= 0.3 is 14.2 Å². The van der Waals surface area contributed by atoms with Crippen molar-refractivity contribution in [2.75, 3.05) is 133 Å². The van der Waals surface area contributed by atoms with E-state index in [0.29, 0.717) is 160 Å². The molecule has 124 heavy (non-hydrogen) atoms. The second kappa shape index (κ2) is 36.9. The van der Waals surface area contributed by atoms with E-state index >= 15 is 17.3 Å². The third-order valence-corrected chi connectivity index (χ3v) is 20.5. The monoisotopic (exact) mass is 1700 g/mol. The van der Waals surface area contributed by atoms with Crippen LogP contribution < -0.4 is 76.4 Å². The van der Waals surface area contributed by atoms with E-state index in [1.165, 1.54) is 117 Å². The molecule has 0 aliphatic carbocycles. The average Bonchev–Trinajstić information content (AvgIpc) is 1.60. The van der Waals surface area contributed by atoms with E-state index in [2.05, 4.69) is 19.9 Å². The summed E-state index contributed by atoms with van der Waals surface area (Å²) in [6.45, 7) is 0. The molecule has 8 aromatic carbocycles. The number of halogens is 4. The number of aromatic nitrogens is 4. The van der Waals surface area contributed by atoms with Crippen molar-refractivity contribution in [2.45, 2.75) is 0 Å². The first-order chi connectivity index (χ1) is 59.6. The summed E-state index contributed by atoms with van der Waals surface area (Å²) >= 11 is 0. The minimum atomic E-state index is -4.72. The van der Waals surface area contributed by atoms with Gasteiger partial charge < -0.3 is 132 Å². The molecule has 4 N–H and O–H groups in total. The molecular formula is C90H86B2F4N8O20. The molecule has 0 saturated carbocycles. The summed E-state index contributed by atoms with van der Waals surface area (Å²) in [5.41, 5.74) is 10.4. The molecule has 14 rings (SSSR count). The third kappa shape index (κ3) is 18.2. The van der Waals surface area contributed by atoms with Crippen molar-refractivity contribution in [3.05, 3.63) is 264 Å². The second-order valence-corrected chi connectivity index (χ2v) is 27.7. The minimum absolute atomic E-state index is 0.116. The Morgan fingerprint density at radius 2 is 0.484 bits per heavy atom. The second-order valence-electron chi connectivity index (χ2n) is 27.7. The molecule has 12 aromatic rings. The number of H-pyrrole nitrogens is 4. The summed E-state index contributed by atoms with van der Waals surface area (Å²) < 4.78 is 145. The van der Waals surface area contributed by atoms with Crippen molar-refractivity contribution in [1.29, 1.82) is 0 Å². The number of benzene rings is 8. The fourth-order valence-electron chi connectivity index (χ4n) is 13.9. The Morgan fingerprint density at radius 1 is 0.282 bits per heavy atom. The largest absolute Gasteiger partial charge is 0.693 e. The van der Waals surface area contributed by atoms with Crippen LogP contribution in [0.2, 0.25) is 0 Å². The molecule has 0 unspecified atom stereocenters. The Hall–Kier alpha value is -15.1. The zero-order valence-corrected chi connectivity index (χ0v) is 70.3. The van der Waals surface area contributed by atoms with Gasteiger partial charge in [0.2, 0.25) is 23.0 Å². The van der Waals surface area contributed by atoms with Crippen LogP contribution in [0, 0.1) is 12.2 Å². The highest BCUT2D eigenvalue weighted by Gasteiger charge is 2.47. The highest BCUT2D eigenvalue weighted by molar-refractivity contribution is 6.54. The number of aromatic amines is 4. The van der Waals surface area contributed by atoms with E-state index in [1.807, 2.05) is 0 Å². The molecule has 0 fully saturated rings. The maximum Gasteiger partial charge on any atom is 0.693 e. The zero-order valence-electron chi connectivity index (χ0n) is 70.3. The lowest BCUT2D eigenvalue weighted by Crippen LogP contribution is -2.36. The van der Waals surface area contributed by atoms with Gasteiger partial charge in [-0.1, -0.05) is 48.5 Å². The molecule has 0 saturated heterocycles. The third-order valence-electron chi connectivity index (χ3n) is 20.5. The SMILES string of the molecule is COc1cc(C(=O)N(C)c2ccc(-c3ccc(C4=C[C+](c5ccc(-c6ccc(N(C)C(=O)c7cc(OC)c(OC)c(OC)c7)cc6)[nH]5)O[B-](F)(F)O4)[nH]3)cc2)cc(OC)c1OC.COc1cc(C(=O)N(C)c2ccc(-c3ccc(C4=C[C+](c5ccc(-c6ccc(N(C)C(=O)c7cc(OC)c(OC)c(OC)c7)cc6)[nH]5)O[B-](F)(F)O4)[nH]3)cc2)cc(OC)c1OC. The summed E-state index contributed by atoms with van der Waals surface area (Å²) in [4.78, 5) is 72.4. The van der Waals surface area contributed by atoms with Gasteiger partial charge in [0.25, 0.3) is 23.6 Å². The van der Waals surface area contributed by atoms with Crippen molar-refractivity contribution in [3.8, 4) is 114 Å². The number of hydrogen-bond acceptors (Lipinski definition) is 20. The molecule has 0 spiro atoms. The van der Waals surface area contributed by atoms with Gasteiger partial charge in [0.15, 0.2) is 81.1 Å². The van der Waals surface area contributed by atoms with Gasteiger partial charge in [-0.2, -0.15) is 0 Å². The Balaban J connectivity index is 0.000000213. The van der Waals surface area contributed by atoms with E-state index in [0.717, 1.165) is 22.3 Å². The number of carbonyl (C=O) groups excluding carboxylic acids is 4. The number of rotatable bonds is 28. The van der Waals surface area contributed by atoms with Gasteiger partial charge in [-0.3, -0.25) is 19.2 Å². The van der Waals surface area contributed by atoms with Crippen LogP contribution in [-0.4, -0.2) is 171 Å². The van der Waals surface area contributed by atoms with Crippen LogP contribution in [0.4, 0.5) is 40.0 Å². The number of ether oxygens (including phenoxy) is 12. The molecule has 6 heterocycles. The number of nitrogens with one attached hydrogen (secondary N) is 4. The first-order valence-corrected chi connectivity index (χ1v) is 38.1. The molecule has 0 atom stereocenters. The lowest BCUT2D eigenvalue weighted by molar-refractivity contribution is 0.0984. The molecule has 4 amide bonds. The molecule has 0 bridgehead atoms. The molecule has 640 valence electrons. The highest BCUT2D eigenvalue weighted by Crippen LogP contribution is 2.46. The van der Waals surface area contributed by atoms with Crippen molar-refractivity contribution in [3.63, 3.8) is 0 Å². The van der Waals surface area contributed by atoms with Crippen LogP contribution in [0.1, 0.15) is 64.2 Å². The molecule has 28 nitrogen and oxygen atoms in total. The van der Waals surface area contributed by atoms with Crippen molar-refractivity contribution < 1.29 is 112 Å². The van der Waals surface area contributed by atoms with Crippen LogP contribution in [0.3, 0.4) is 0 Å². The summed E-state index contributed by atoms with van der Waals surface area (Å²) in [6.07, 6.45) is 2.55. The normalized spacial score (nSPS) is 13.1. The molecule has 2 aliphatic rings. The van der Waals surface area contributed by atoms with Crippen LogP contribution in [0.25, 0.3) is 56.5 Å². The lowest BCUT2D eigenvalue weighted by atomic mass is 10.1. The van der Waals surface area contributed by atoms with Gasteiger partial charge in [0.05, 0.1) is 109 Å². The number of anilines is 4. The fourth-order valence-corrected chi connectivity index (χ4v) is 13.9. The maximum absolute atomic E-state index is 15.0. The van der Waals surface area contributed by atoms with E-state index in [9.17, 15) is 19.2 Å². The number of hydrogen-bond donors (Lipinski definition) is 4. The first kappa shape index (κ1) is 86.8. The van der Waals surface area contributed by atoms with E-state index in [-0.39, 0.29) is 47.4 Å². The summed E-state index contributed by atoms with van der Waals surface area (Å²) in [7, 11) is 14.9. The topological polar surface area (TPSA) is 292 Å². The number of nitrogens with zero attached hydrogens (tertiary/aromatic N) is 4. The van der Waals surface area contributed by atoms with Crippen LogP contribution in [-0.2, 0) is 18.6 Å². The van der Waals surface area contributed by atoms with Crippen LogP contribution >= 0.6 is 0 Å². The fraction of sp³-hybridized carbons (Fsp3) is 0.178. The maximum atomic E-state index is 15.0. The van der Waals surface area contributed by atoms with Crippen LogP contribution in [0.15, 0.2) is 206 Å². The lowest BCUT2D eigenvalue weighted by Gasteiger charge is -2.29. The Morgan fingerprint density at radius 3 is 0.694 bits per heavy atom. The number of methoxy groups -OCH3 is 12. The summed E-state index contributed by atoms with van der Waals surface area (Å²) in [6, 6.07) is 54.7. The predicted octanol–water partition coefficient (Wildman–Crippen LogP) is 17.2. The smallest absolute Gasteiger partial charge is 0.570 e. The van der Waals surface area contributed by atoms with Crippen molar-refractivity contribution in [2.24, 2.45) is 0 Å². The molecule has 34 heteroatoms. The van der Waals surface area contributed by atoms with Gasteiger partial charge in [-0.05, 0) is 144 Å². The number of carbonyl (C=O) groups is 4.